The number of hydrogen-bond acceptors (Lipinski definition) is 4. The van der Waals surface area contributed by atoms with E-state index in [0.29, 0.717) is 18.9 Å². The molecule has 1 heterocycles. The Morgan fingerprint density at radius 2 is 2.31 bits per heavy atom. The molecule has 0 aliphatic heterocycles. The van der Waals surface area contributed by atoms with E-state index in [1.54, 1.807) is 18.4 Å². The minimum atomic E-state index is 0.0644. The third kappa shape index (κ3) is 4.28. The van der Waals surface area contributed by atoms with E-state index in [-0.39, 0.29) is 5.91 Å². The van der Waals surface area contributed by atoms with Crippen molar-refractivity contribution in [2.45, 2.75) is 32.7 Å². The summed E-state index contributed by atoms with van der Waals surface area (Å²) >= 11 is 1.73. The lowest BCUT2D eigenvalue weighted by Gasteiger charge is -2.01. The Labute approximate surface area is 100 Å². The van der Waals surface area contributed by atoms with Gasteiger partial charge in [0.25, 0.3) is 0 Å². The van der Waals surface area contributed by atoms with Gasteiger partial charge in [-0.2, -0.15) is 0 Å². The first-order chi connectivity index (χ1) is 7.63. The smallest absolute Gasteiger partial charge is 0.221 e. The Kier molecular flexibility index (Phi) is 5.42. The molecule has 0 atom stereocenters. The molecule has 0 aliphatic rings. The number of rotatable bonds is 6. The number of aromatic nitrogens is 1. The SMILES string of the molecule is CNC(=O)CCNCc1ncc(C(C)C)s1. The molecule has 5 heteroatoms. The molecule has 0 saturated heterocycles. The Bertz CT molecular complexity index is 336. The maximum Gasteiger partial charge on any atom is 0.221 e. The van der Waals surface area contributed by atoms with Crippen LogP contribution in [0.3, 0.4) is 0 Å². The minimum Gasteiger partial charge on any atom is -0.359 e. The molecule has 0 aliphatic carbocycles. The molecule has 2 N–H and O–H groups in total. The molecule has 0 unspecified atom stereocenters. The summed E-state index contributed by atoms with van der Waals surface area (Å²) in [6, 6.07) is 0. The fourth-order valence-electron chi connectivity index (χ4n) is 1.20. The summed E-state index contributed by atoms with van der Waals surface area (Å²) in [4.78, 5) is 16.6. The average Bonchev–Trinajstić information content (AvgIpc) is 2.72. The van der Waals surface area contributed by atoms with Gasteiger partial charge in [0.1, 0.15) is 5.01 Å². The number of thiazole rings is 1. The van der Waals surface area contributed by atoms with Gasteiger partial charge in [0.05, 0.1) is 0 Å². The highest BCUT2D eigenvalue weighted by Gasteiger charge is 2.05. The highest BCUT2D eigenvalue weighted by Crippen LogP contribution is 2.21. The van der Waals surface area contributed by atoms with Crippen LogP contribution < -0.4 is 10.6 Å². The number of nitrogens with one attached hydrogen (secondary N) is 2. The van der Waals surface area contributed by atoms with Crippen LogP contribution in [0.5, 0.6) is 0 Å². The maximum atomic E-state index is 11.0. The Balaban J connectivity index is 2.24. The van der Waals surface area contributed by atoms with Gasteiger partial charge in [0.15, 0.2) is 0 Å². The summed E-state index contributed by atoms with van der Waals surface area (Å²) in [5.41, 5.74) is 0. The van der Waals surface area contributed by atoms with Gasteiger partial charge in [-0.3, -0.25) is 4.79 Å². The van der Waals surface area contributed by atoms with Crippen molar-refractivity contribution in [2.24, 2.45) is 0 Å². The molecule has 0 fully saturated rings. The highest BCUT2D eigenvalue weighted by molar-refractivity contribution is 7.11. The van der Waals surface area contributed by atoms with E-state index >= 15 is 0 Å². The molecular weight excluding hydrogens is 222 g/mol. The van der Waals surface area contributed by atoms with E-state index in [4.69, 9.17) is 0 Å². The second kappa shape index (κ2) is 6.60. The van der Waals surface area contributed by atoms with Gasteiger partial charge in [-0.05, 0) is 5.92 Å². The number of hydrogen-bond donors (Lipinski definition) is 2. The zero-order valence-electron chi connectivity index (χ0n) is 10.0. The lowest BCUT2D eigenvalue weighted by molar-refractivity contribution is -0.120. The highest BCUT2D eigenvalue weighted by atomic mass is 32.1. The molecule has 16 heavy (non-hydrogen) atoms. The van der Waals surface area contributed by atoms with E-state index in [2.05, 4.69) is 29.5 Å². The van der Waals surface area contributed by atoms with Gasteiger partial charge < -0.3 is 10.6 Å². The summed E-state index contributed by atoms with van der Waals surface area (Å²) < 4.78 is 0. The van der Waals surface area contributed by atoms with Crippen molar-refractivity contribution in [1.29, 1.82) is 0 Å². The maximum absolute atomic E-state index is 11.0. The topological polar surface area (TPSA) is 54.0 Å². The summed E-state index contributed by atoms with van der Waals surface area (Å²) in [7, 11) is 1.65. The van der Waals surface area contributed by atoms with Crippen molar-refractivity contribution in [2.75, 3.05) is 13.6 Å². The molecule has 1 aromatic rings. The largest absolute Gasteiger partial charge is 0.359 e. The van der Waals surface area contributed by atoms with Crippen molar-refractivity contribution in [1.82, 2.24) is 15.6 Å². The summed E-state index contributed by atoms with van der Waals surface area (Å²) in [5.74, 6) is 0.603. The minimum absolute atomic E-state index is 0.0644. The number of nitrogens with zero attached hydrogens (tertiary/aromatic N) is 1. The molecular formula is C11H19N3OS. The zero-order valence-corrected chi connectivity index (χ0v) is 10.9. The van der Waals surface area contributed by atoms with Crippen LogP contribution in [0.15, 0.2) is 6.20 Å². The van der Waals surface area contributed by atoms with Crippen LogP contribution in [-0.2, 0) is 11.3 Å². The summed E-state index contributed by atoms with van der Waals surface area (Å²) in [5, 5.41) is 6.88. The van der Waals surface area contributed by atoms with Crippen molar-refractivity contribution in [3.63, 3.8) is 0 Å². The van der Waals surface area contributed by atoms with Crippen LogP contribution in [0.1, 0.15) is 36.1 Å². The molecule has 1 aromatic heterocycles. The molecule has 0 radical (unpaired) electrons. The molecule has 0 saturated carbocycles. The van der Waals surface area contributed by atoms with Crippen molar-refractivity contribution in [3.05, 3.63) is 16.1 Å². The average molecular weight is 241 g/mol. The second-order valence-electron chi connectivity index (χ2n) is 3.91. The van der Waals surface area contributed by atoms with Crippen LogP contribution in [0.25, 0.3) is 0 Å². The van der Waals surface area contributed by atoms with Gasteiger partial charge in [-0.1, -0.05) is 13.8 Å². The van der Waals surface area contributed by atoms with Crippen molar-refractivity contribution >= 4 is 17.2 Å². The lowest BCUT2D eigenvalue weighted by Crippen LogP contribution is -2.24. The molecule has 90 valence electrons. The first-order valence-electron chi connectivity index (χ1n) is 5.49. The second-order valence-corrected chi connectivity index (χ2v) is 5.06. The third-order valence-corrected chi connectivity index (χ3v) is 3.52. The summed E-state index contributed by atoms with van der Waals surface area (Å²) in [6.07, 6.45) is 2.45. The number of carbonyl (C=O) groups excluding carboxylic acids is 1. The first-order valence-corrected chi connectivity index (χ1v) is 6.31. The standard InChI is InChI=1S/C11H19N3OS/c1-8(2)9-6-14-11(16-9)7-13-5-4-10(15)12-3/h6,8,13H,4-5,7H2,1-3H3,(H,12,15). The zero-order chi connectivity index (χ0) is 12.0. The lowest BCUT2D eigenvalue weighted by atomic mass is 10.2. The molecule has 0 spiro atoms. The predicted octanol–water partition coefficient (Wildman–Crippen LogP) is 1.49. The molecule has 0 aromatic carbocycles. The molecule has 1 amide bonds. The normalized spacial score (nSPS) is 10.8. The summed E-state index contributed by atoms with van der Waals surface area (Å²) in [6.45, 7) is 5.76. The van der Waals surface area contributed by atoms with Crippen LogP contribution in [0, 0.1) is 0 Å². The quantitative estimate of drug-likeness (QED) is 0.742. The Morgan fingerprint density at radius 3 is 2.88 bits per heavy atom. The van der Waals surface area contributed by atoms with Gasteiger partial charge in [-0.25, -0.2) is 4.98 Å². The Hall–Kier alpha value is -0.940. The molecule has 0 bridgehead atoms. The fourth-order valence-corrected chi connectivity index (χ4v) is 2.09. The first kappa shape index (κ1) is 13.1. The van der Waals surface area contributed by atoms with Gasteiger partial charge in [-0.15, -0.1) is 11.3 Å². The van der Waals surface area contributed by atoms with E-state index in [1.807, 2.05) is 6.20 Å². The van der Waals surface area contributed by atoms with E-state index < -0.39 is 0 Å². The number of amides is 1. The van der Waals surface area contributed by atoms with Crippen LogP contribution in [-0.4, -0.2) is 24.5 Å². The Morgan fingerprint density at radius 1 is 1.56 bits per heavy atom. The van der Waals surface area contributed by atoms with Crippen LogP contribution >= 0.6 is 11.3 Å². The van der Waals surface area contributed by atoms with Gasteiger partial charge in [0, 0.05) is 37.6 Å². The van der Waals surface area contributed by atoms with Gasteiger partial charge >= 0.3 is 0 Å². The monoisotopic (exact) mass is 241 g/mol. The molecule has 4 nitrogen and oxygen atoms in total. The third-order valence-electron chi connectivity index (χ3n) is 2.22. The van der Waals surface area contributed by atoms with Crippen molar-refractivity contribution < 1.29 is 4.79 Å². The van der Waals surface area contributed by atoms with Crippen molar-refractivity contribution in [3.8, 4) is 0 Å². The van der Waals surface area contributed by atoms with Crippen LogP contribution in [0.4, 0.5) is 0 Å². The van der Waals surface area contributed by atoms with Crippen LogP contribution in [0.2, 0.25) is 0 Å². The van der Waals surface area contributed by atoms with E-state index in [1.165, 1.54) is 4.88 Å². The van der Waals surface area contributed by atoms with E-state index in [9.17, 15) is 4.79 Å². The van der Waals surface area contributed by atoms with E-state index in [0.717, 1.165) is 11.6 Å². The molecule has 1 rings (SSSR count). The number of carbonyl (C=O) groups is 1. The fraction of sp³-hybridized carbons (Fsp3) is 0.636. The van der Waals surface area contributed by atoms with Gasteiger partial charge in [0.2, 0.25) is 5.91 Å². The predicted molar refractivity (Wildman–Crippen MR) is 66.6 cm³/mol.